The first-order valence-corrected chi connectivity index (χ1v) is 11.1. The zero-order valence-corrected chi connectivity index (χ0v) is 18.4. The van der Waals surface area contributed by atoms with E-state index in [1.165, 1.54) is 12.1 Å². The van der Waals surface area contributed by atoms with E-state index in [0.717, 1.165) is 28.8 Å². The standard InChI is InChI=1S/C24H23ClFN5O/c1-2-24(32)11-13-30(14-12-24)23-21-18(15-27-28-23)22(16-7-9-17(26)10-8-16)31(29-21)20-6-4-3-5-19(20)25/h3-10,15,32H,2,11-14H2,1H3. The first kappa shape index (κ1) is 20.8. The van der Waals surface area contributed by atoms with Gasteiger partial charge in [0.1, 0.15) is 11.3 Å². The molecule has 0 spiro atoms. The van der Waals surface area contributed by atoms with E-state index in [2.05, 4.69) is 15.1 Å². The Morgan fingerprint density at radius 1 is 1.09 bits per heavy atom. The molecule has 1 aliphatic rings. The Bertz CT molecular complexity index is 1270. The smallest absolute Gasteiger partial charge is 0.179 e. The van der Waals surface area contributed by atoms with Crippen molar-refractivity contribution in [3.8, 4) is 16.9 Å². The van der Waals surface area contributed by atoms with Crippen LogP contribution >= 0.6 is 11.6 Å². The highest BCUT2D eigenvalue weighted by atomic mass is 35.5. The van der Waals surface area contributed by atoms with Gasteiger partial charge in [0.25, 0.3) is 0 Å². The van der Waals surface area contributed by atoms with Gasteiger partial charge in [-0.3, -0.25) is 0 Å². The van der Waals surface area contributed by atoms with Crippen LogP contribution in [-0.4, -0.2) is 43.8 Å². The Labute approximate surface area is 190 Å². The average molecular weight is 452 g/mol. The molecule has 0 bridgehead atoms. The molecule has 0 unspecified atom stereocenters. The maximum atomic E-state index is 13.6. The van der Waals surface area contributed by atoms with Crippen LogP contribution in [0.1, 0.15) is 26.2 Å². The topological polar surface area (TPSA) is 67.1 Å². The minimum absolute atomic E-state index is 0.306. The predicted octanol–water partition coefficient (Wildman–Crippen LogP) is 5.02. The number of aromatic nitrogens is 4. The molecule has 1 saturated heterocycles. The van der Waals surface area contributed by atoms with Crippen LogP contribution in [0.4, 0.5) is 10.2 Å². The summed E-state index contributed by atoms with van der Waals surface area (Å²) in [5, 5.41) is 25.6. The second kappa shape index (κ2) is 8.15. The van der Waals surface area contributed by atoms with Crippen molar-refractivity contribution in [1.29, 1.82) is 0 Å². The lowest BCUT2D eigenvalue weighted by molar-refractivity contribution is 0.0125. The first-order chi connectivity index (χ1) is 15.5. The first-order valence-electron chi connectivity index (χ1n) is 10.7. The molecule has 0 radical (unpaired) electrons. The fraction of sp³-hybridized carbons (Fsp3) is 0.292. The van der Waals surface area contributed by atoms with E-state index in [-0.39, 0.29) is 5.82 Å². The number of para-hydroxylation sites is 1. The van der Waals surface area contributed by atoms with Gasteiger partial charge in [0.2, 0.25) is 0 Å². The third-order valence-corrected chi connectivity index (χ3v) is 6.64. The predicted molar refractivity (Wildman–Crippen MR) is 124 cm³/mol. The van der Waals surface area contributed by atoms with Gasteiger partial charge in [-0.2, -0.15) is 10.2 Å². The Balaban J connectivity index is 1.69. The van der Waals surface area contributed by atoms with Crippen LogP contribution in [0.2, 0.25) is 5.02 Å². The van der Waals surface area contributed by atoms with Crippen LogP contribution < -0.4 is 4.90 Å². The molecule has 8 heteroatoms. The van der Waals surface area contributed by atoms with Gasteiger partial charge in [0.05, 0.1) is 33.6 Å². The average Bonchev–Trinajstić information content (AvgIpc) is 3.20. The number of hydrogen-bond donors (Lipinski definition) is 1. The second-order valence-corrected chi connectivity index (χ2v) is 8.62. The summed E-state index contributed by atoms with van der Waals surface area (Å²) in [6.45, 7) is 3.35. The van der Waals surface area contributed by atoms with Crippen LogP contribution in [0.25, 0.3) is 27.8 Å². The summed E-state index contributed by atoms with van der Waals surface area (Å²) in [6.07, 6.45) is 3.74. The van der Waals surface area contributed by atoms with Gasteiger partial charge in [-0.15, -0.1) is 5.10 Å². The van der Waals surface area contributed by atoms with Gasteiger partial charge in [0.15, 0.2) is 5.82 Å². The van der Waals surface area contributed by atoms with Gasteiger partial charge in [-0.25, -0.2) is 9.07 Å². The number of anilines is 1. The molecule has 164 valence electrons. The molecule has 0 aliphatic carbocycles. The molecule has 0 amide bonds. The Morgan fingerprint density at radius 2 is 1.81 bits per heavy atom. The van der Waals surface area contributed by atoms with Crippen molar-refractivity contribution < 1.29 is 9.50 Å². The van der Waals surface area contributed by atoms with Crippen molar-refractivity contribution in [2.24, 2.45) is 0 Å². The third-order valence-electron chi connectivity index (χ3n) is 6.32. The lowest BCUT2D eigenvalue weighted by Crippen LogP contribution is -2.44. The number of nitrogens with zero attached hydrogens (tertiary/aromatic N) is 5. The number of fused-ring (bicyclic) bond motifs is 1. The lowest BCUT2D eigenvalue weighted by Gasteiger charge is -2.38. The van der Waals surface area contributed by atoms with E-state index in [1.54, 1.807) is 23.0 Å². The molecule has 2 aromatic carbocycles. The van der Waals surface area contributed by atoms with Crippen molar-refractivity contribution in [1.82, 2.24) is 20.0 Å². The molecule has 0 atom stereocenters. The monoisotopic (exact) mass is 451 g/mol. The highest BCUT2D eigenvalue weighted by Gasteiger charge is 2.32. The Kier molecular flexibility index (Phi) is 5.31. The number of aliphatic hydroxyl groups is 1. The molecule has 4 aromatic rings. The summed E-state index contributed by atoms with van der Waals surface area (Å²) in [6, 6.07) is 13.8. The second-order valence-electron chi connectivity index (χ2n) is 8.21. The fourth-order valence-corrected chi connectivity index (χ4v) is 4.51. The van der Waals surface area contributed by atoms with E-state index < -0.39 is 5.60 Å². The van der Waals surface area contributed by atoms with Crippen molar-refractivity contribution in [2.45, 2.75) is 31.8 Å². The number of hydrogen-bond acceptors (Lipinski definition) is 5. The number of rotatable bonds is 4. The molecule has 1 aliphatic heterocycles. The summed E-state index contributed by atoms with van der Waals surface area (Å²) in [5.74, 6) is 0.369. The summed E-state index contributed by atoms with van der Waals surface area (Å²) in [4.78, 5) is 2.12. The molecule has 5 rings (SSSR count). The van der Waals surface area contributed by atoms with Gasteiger partial charge >= 0.3 is 0 Å². The zero-order valence-electron chi connectivity index (χ0n) is 17.7. The summed E-state index contributed by atoms with van der Waals surface area (Å²) < 4.78 is 15.4. The highest BCUT2D eigenvalue weighted by molar-refractivity contribution is 6.32. The van der Waals surface area contributed by atoms with Gasteiger partial charge < -0.3 is 10.0 Å². The van der Waals surface area contributed by atoms with Gasteiger partial charge in [-0.05, 0) is 55.7 Å². The van der Waals surface area contributed by atoms with Crippen molar-refractivity contribution >= 4 is 28.3 Å². The molecule has 1 N–H and O–H groups in total. The third kappa shape index (κ3) is 3.61. The molecule has 32 heavy (non-hydrogen) atoms. The highest BCUT2D eigenvalue weighted by Crippen LogP contribution is 2.37. The van der Waals surface area contributed by atoms with E-state index in [1.807, 2.05) is 31.2 Å². The maximum Gasteiger partial charge on any atom is 0.179 e. The molecule has 0 saturated carbocycles. The number of halogens is 2. The minimum Gasteiger partial charge on any atom is -0.390 e. The lowest BCUT2D eigenvalue weighted by atomic mass is 9.89. The zero-order chi connectivity index (χ0) is 22.3. The maximum absolute atomic E-state index is 13.6. The molecule has 1 fully saturated rings. The molecule has 2 aromatic heterocycles. The summed E-state index contributed by atoms with van der Waals surface area (Å²) in [5.41, 5.74) is 2.35. The van der Waals surface area contributed by atoms with E-state index in [4.69, 9.17) is 16.7 Å². The van der Waals surface area contributed by atoms with Crippen molar-refractivity contribution in [3.05, 3.63) is 65.6 Å². The number of piperidine rings is 1. The van der Waals surface area contributed by atoms with Gasteiger partial charge in [0, 0.05) is 18.7 Å². The minimum atomic E-state index is -0.631. The van der Waals surface area contributed by atoms with Crippen molar-refractivity contribution in [3.63, 3.8) is 0 Å². The van der Waals surface area contributed by atoms with Crippen molar-refractivity contribution in [2.75, 3.05) is 18.0 Å². The quantitative estimate of drug-likeness (QED) is 0.472. The fourth-order valence-electron chi connectivity index (χ4n) is 4.29. The SMILES string of the molecule is CCC1(O)CCN(c2nncc3c(-c4ccc(F)cc4)n(-c4ccccc4Cl)nc23)CC1. The van der Waals surface area contributed by atoms with Crippen LogP contribution in [0.15, 0.2) is 54.7 Å². The van der Waals surface area contributed by atoms with Crippen LogP contribution in [0.5, 0.6) is 0 Å². The van der Waals surface area contributed by atoms with Crippen LogP contribution in [0, 0.1) is 5.82 Å². The van der Waals surface area contributed by atoms with E-state index in [9.17, 15) is 9.50 Å². The molecule has 6 nitrogen and oxygen atoms in total. The Morgan fingerprint density at radius 3 is 2.50 bits per heavy atom. The summed E-state index contributed by atoms with van der Waals surface area (Å²) in [7, 11) is 0. The van der Waals surface area contributed by atoms with Gasteiger partial charge in [-0.1, -0.05) is 30.7 Å². The number of benzene rings is 2. The van der Waals surface area contributed by atoms with E-state index in [0.29, 0.717) is 42.3 Å². The molecule has 3 heterocycles. The largest absolute Gasteiger partial charge is 0.390 e. The van der Waals surface area contributed by atoms with E-state index >= 15 is 0 Å². The van der Waals surface area contributed by atoms with Crippen LogP contribution in [0.3, 0.4) is 0 Å². The normalized spacial score (nSPS) is 15.9. The molecular formula is C24H23ClFN5O. The summed E-state index contributed by atoms with van der Waals surface area (Å²) >= 11 is 6.52. The van der Waals surface area contributed by atoms with Crippen LogP contribution in [-0.2, 0) is 0 Å². The molecular weight excluding hydrogens is 429 g/mol. The Hall–Kier alpha value is -3.03.